The first-order valence-electron chi connectivity index (χ1n) is 9.35. The molecule has 1 N–H and O–H groups in total. The Morgan fingerprint density at radius 1 is 1.19 bits per heavy atom. The Kier molecular flexibility index (Phi) is 3.68. The maximum atomic E-state index is 10.7. The highest BCUT2D eigenvalue weighted by atomic mass is 16.3. The summed E-state index contributed by atoms with van der Waals surface area (Å²) in [6.07, 6.45) is 6.06. The van der Waals surface area contributed by atoms with Crippen molar-refractivity contribution in [2.75, 3.05) is 20.1 Å². The zero-order valence-corrected chi connectivity index (χ0v) is 15.5. The predicted octanol–water partition coefficient (Wildman–Crippen LogP) is 4.13. The predicted molar refractivity (Wildman–Crippen MR) is 105 cm³/mol. The van der Waals surface area contributed by atoms with Crippen LogP contribution in [0.1, 0.15) is 24.4 Å². The number of likely N-dealkylation sites (N-methyl/N-ethyl adjacent to an activating group) is 1. The minimum Gasteiger partial charge on any atom is -0.504 e. The fourth-order valence-electron chi connectivity index (χ4n) is 4.26. The minimum absolute atomic E-state index is 0.114. The Hall–Kier alpha value is -2.86. The molecule has 5 rings (SSSR count). The Balaban J connectivity index is 1.62. The number of benzene rings is 1. The Morgan fingerprint density at radius 2 is 2.07 bits per heavy atom. The largest absolute Gasteiger partial charge is 0.504 e. The van der Waals surface area contributed by atoms with Crippen LogP contribution in [0.25, 0.3) is 33.3 Å². The van der Waals surface area contributed by atoms with Crippen molar-refractivity contribution in [3.8, 4) is 17.0 Å². The number of aromatic nitrogens is 3. The lowest BCUT2D eigenvalue weighted by Crippen LogP contribution is -2.33. The van der Waals surface area contributed by atoms with Crippen molar-refractivity contribution >= 4 is 22.0 Å². The fourth-order valence-corrected chi connectivity index (χ4v) is 4.26. The average Bonchev–Trinajstić information content (AvgIpc) is 3.30. The van der Waals surface area contributed by atoms with Crippen molar-refractivity contribution in [2.45, 2.75) is 25.8 Å². The molecule has 1 atom stereocenters. The summed E-state index contributed by atoms with van der Waals surface area (Å²) >= 11 is 0. The molecule has 0 saturated carbocycles. The van der Waals surface area contributed by atoms with E-state index in [2.05, 4.69) is 39.0 Å². The van der Waals surface area contributed by atoms with Gasteiger partial charge in [0.25, 0.3) is 0 Å². The van der Waals surface area contributed by atoms with Gasteiger partial charge in [0.15, 0.2) is 17.0 Å². The van der Waals surface area contributed by atoms with E-state index in [1.807, 2.05) is 25.1 Å². The van der Waals surface area contributed by atoms with E-state index >= 15 is 0 Å². The highest BCUT2D eigenvalue weighted by Crippen LogP contribution is 2.38. The van der Waals surface area contributed by atoms with E-state index in [-0.39, 0.29) is 5.75 Å². The van der Waals surface area contributed by atoms with Crippen molar-refractivity contribution in [1.29, 1.82) is 0 Å². The van der Waals surface area contributed by atoms with Gasteiger partial charge in [0.2, 0.25) is 0 Å². The van der Waals surface area contributed by atoms with E-state index in [0.717, 1.165) is 41.5 Å². The molecule has 4 aromatic rings. The summed E-state index contributed by atoms with van der Waals surface area (Å²) < 4.78 is 7.68. The van der Waals surface area contributed by atoms with Crippen LogP contribution in [0, 0.1) is 6.92 Å². The SMILES string of the molecule is Cc1c(-c2ccc3ccoc3c2O)nnc2c1ccn2[C@@H]1CCCN(C)C1. The quantitative estimate of drug-likeness (QED) is 0.581. The zero-order valence-electron chi connectivity index (χ0n) is 15.5. The number of hydrogen-bond acceptors (Lipinski definition) is 5. The summed E-state index contributed by atoms with van der Waals surface area (Å²) in [4.78, 5) is 2.37. The summed E-state index contributed by atoms with van der Waals surface area (Å²) in [6, 6.07) is 8.18. The third-order valence-electron chi connectivity index (χ3n) is 5.73. The number of hydrogen-bond donors (Lipinski definition) is 1. The molecule has 0 bridgehead atoms. The molecular weight excluding hydrogens is 340 g/mol. The lowest BCUT2D eigenvalue weighted by Gasteiger charge is -2.30. The molecular formula is C21H22N4O2. The summed E-state index contributed by atoms with van der Waals surface area (Å²) in [6.45, 7) is 4.22. The van der Waals surface area contributed by atoms with E-state index < -0.39 is 0 Å². The Bertz CT molecular complexity index is 1140. The number of fused-ring (bicyclic) bond motifs is 2. The first-order valence-corrected chi connectivity index (χ1v) is 9.35. The highest BCUT2D eigenvalue weighted by Gasteiger charge is 2.22. The maximum Gasteiger partial charge on any atom is 0.176 e. The Labute approximate surface area is 157 Å². The highest BCUT2D eigenvalue weighted by molar-refractivity contribution is 5.93. The van der Waals surface area contributed by atoms with Gasteiger partial charge < -0.3 is 19.0 Å². The molecule has 6 nitrogen and oxygen atoms in total. The van der Waals surface area contributed by atoms with Gasteiger partial charge >= 0.3 is 0 Å². The monoisotopic (exact) mass is 362 g/mol. The van der Waals surface area contributed by atoms with Gasteiger partial charge in [-0.15, -0.1) is 10.2 Å². The van der Waals surface area contributed by atoms with Crippen LogP contribution in [0.5, 0.6) is 5.75 Å². The second-order valence-corrected chi connectivity index (χ2v) is 7.49. The smallest absolute Gasteiger partial charge is 0.176 e. The third kappa shape index (κ3) is 2.51. The molecule has 1 aliphatic heterocycles. The molecule has 1 aromatic carbocycles. The molecule has 0 amide bonds. The molecule has 6 heteroatoms. The second-order valence-electron chi connectivity index (χ2n) is 7.49. The standard InChI is InChI=1S/C21H22N4O2/c1-13-16-7-10-25(15-4-3-9-24(2)12-15)21(16)23-22-18(13)17-6-5-14-8-11-27-20(14)19(17)26/h5-8,10-11,15,26H,3-4,9,12H2,1-2H3/t15-/m1/s1. The topological polar surface area (TPSA) is 67.3 Å². The van der Waals surface area contributed by atoms with E-state index in [0.29, 0.717) is 22.9 Å². The average molecular weight is 362 g/mol. The fraction of sp³-hybridized carbons (Fsp3) is 0.333. The Morgan fingerprint density at radius 3 is 2.93 bits per heavy atom. The third-order valence-corrected chi connectivity index (χ3v) is 5.73. The summed E-state index contributed by atoms with van der Waals surface area (Å²) in [5, 5.41) is 21.6. The van der Waals surface area contributed by atoms with Gasteiger partial charge in [-0.25, -0.2) is 0 Å². The molecule has 0 unspecified atom stereocenters. The van der Waals surface area contributed by atoms with Crippen LogP contribution in [-0.2, 0) is 0 Å². The van der Waals surface area contributed by atoms with Gasteiger partial charge in [-0.1, -0.05) is 6.07 Å². The molecule has 0 radical (unpaired) electrons. The first-order chi connectivity index (χ1) is 13.1. The van der Waals surface area contributed by atoms with Crippen LogP contribution in [-0.4, -0.2) is 44.9 Å². The van der Waals surface area contributed by atoms with E-state index in [9.17, 15) is 5.11 Å². The maximum absolute atomic E-state index is 10.7. The number of phenols is 1. The van der Waals surface area contributed by atoms with Crippen molar-refractivity contribution in [3.05, 3.63) is 42.3 Å². The molecule has 1 aliphatic rings. The van der Waals surface area contributed by atoms with Crippen LogP contribution >= 0.6 is 0 Å². The molecule has 138 valence electrons. The van der Waals surface area contributed by atoms with Crippen molar-refractivity contribution in [3.63, 3.8) is 0 Å². The number of piperidine rings is 1. The normalized spacial score (nSPS) is 18.5. The van der Waals surface area contributed by atoms with E-state index in [1.54, 1.807) is 6.26 Å². The second kappa shape index (κ2) is 6.09. The van der Waals surface area contributed by atoms with Gasteiger partial charge in [0, 0.05) is 35.1 Å². The molecule has 0 aliphatic carbocycles. The summed E-state index contributed by atoms with van der Waals surface area (Å²) in [5.41, 5.74) is 3.75. The van der Waals surface area contributed by atoms with Gasteiger partial charge in [-0.2, -0.15) is 0 Å². The van der Waals surface area contributed by atoms with E-state index in [1.165, 1.54) is 6.42 Å². The van der Waals surface area contributed by atoms with Crippen LogP contribution < -0.4 is 0 Å². The number of aromatic hydroxyl groups is 1. The van der Waals surface area contributed by atoms with Crippen LogP contribution in [0.2, 0.25) is 0 Å². The summed E-state index contributed by atoms with van der Waals surface area (Å²) in [5.74, 6) is 0.114. The first kappa shape index (κ1) is 16.3. The van der Waals surface area contributed by atoms with Gasteiger partial charge in [0.05, 0.1) is 6.26 Å². The number of aryl methyl sites for hydroxylation is 1. The molecule has 0 spiro atoms. The van der Waals surface area contributed by atoms with Gasteiger partial charge in [0.1, 0.15) is 5.69 Å². The molecule has 3 aromatic heterocycles. The zero-order chi connectivity index (χ0) is 18.5. The molecule has 27 heavy (non-hydrogen) atoms. The van der Waals surface area contributed by atoms with Gasteiger partial charge in [-0.05, 0) is 57.1 Å². The lowest BCUT2D eigenvalue weighted by molar-refractivity contribution is 0.214. The number of rotatable bonds is 2. The summed E-state index contributed by atoms with van der Waals surface area (Å²) in [7, 11) is 2.17. The number of nitrogens with zero attached hydrogens (tertiary/aromatic N) is 4. The number of phenolic OH excluding ortho intramolecular Hbond substituents is 1. The van der Waals surface area contributed by atoms with Crippen molar-refractivity contribution in [1.82, 2.24) is 19.7 Å². The molecule has 1 saturated heterocycles. The van der Waals surface area contributed by atoms with Gasteiger partial charge in [-0.3, -0.25) is 0 Å². The molecule has 4 heterocycles. The van der Waals surface area contributed by atoms with Crippen LogP contribution in [0.3, 0.4) is 0 Å². The number of furan rings is 1. The van der Waals surface area contributed by atoms with Crippen molar-refractivity contribution in [2.24, 2.45) is 0 Å². The number of likely N-dealkylation sites (tertiary alicyclic amines) is 1. The van der Waals surface area contributed by atoms with Crippen molar-refractivity contribution < 1.29 is 9.52 Å². The minimum atomic E-state index is 0.114. The molecule has 1 fully saturated rings. The lowest BCUT2D eigenvalue weighted by atomic mass is 10.0. The van der Waals surface area contributed by atoms with Crippen LogP contribution in [0.15, 0.2) is 41.1 Å². The van der Waals surface area contributed by atoms with E-state index in [4.69, 9.17) is 4.42 Å². The van der Waals surface area contributed by atoms with Crippen LogP contribution in [0.4, 0.5) is 0 Å².